The number of fused-ring (bicyclic) bond motifs is 1. The number of carbonyl (C=O) groups is 2. The van der Waals surface area contributed by atoms with Crippen LogP contribution in [0.25, 0.3) is 0 Å². The van der Waals surface area contributed by atoms with Crippen LogP contribution < -0.4 is 0 Å². The summed E-state index contributed by atoms with van der Waals surface area (Å²) in [5.74, 6) is 0.659. The molecule has 16 heavy (non-hydrogen) atoms. The minimum atomic E-state index is -0.310. The van der Waals surface area contributed by atoms with Gasteiger partial charge in [-0.3, -0.25) is 14.5 Å². The molecule has 0 unspecified atom stereocenters. The molecule has 5 nitrogen and oxygen atoms in total. The Labute approximate surface area is 92.5 Å². The van der Waals surface area contributed by atoms with Crippen molar-refractivity contribution in [2.24, 2.45) is 0 Å². The Balaban J connectivity index is 2.07. The summed E-state index contributed by atoms with van der Waals surface area (Å²) >= 11 is 0. The fourth-order valence-corrected chi connectivity index (χ4v) is 1.83. The van der Waals surface area contributed by atoms with Gasteiger partial charge in [0.05, 0.1) is 6.42 Å². The van der Waals surface area contributed by atoms with E-state index in [1.54, 1.807) is 6.20 Å². The molecule has 1 saturated carbocycles. The molecule has 2 heterocycles. The lowest BCUT2D eigenvalue weighted by Crippen LogP contribution is -2.40. The van der Waals surface area contributed by atoms with Crippen LogP contribution in [0.5, 0.6) is 0 Å². The van der Waals surface area contributed by atoms with E-state index in [1.165, 1.54) is 7.05 Å². The standard InChI is InChI=1S/C11H11N3O2/c1-14-8(15)4-7-5-12-10(6-2-3-6)13-9(7)11(14)16/h5-6H,2-4H2,1H3. The molecule has 0 bridgehead atoms. The fraction of sp³-hybridized carbons (Fsp3) is 0.455. The van der Waals surface area contributed by atoms with E-state index < -0.39 is 0 Å². The van der Waals surface area contributed by atoms with Gasteiger partial charge in [-0.05, 0) is 12.8 Å². The van der Waals surface area contributed by atoms with E-state index in [2.05, 4.69) is 9.97 Å². The molecule has 1 aliphatic carbocycles. The Morgan fingerprint density at radius 2 is 2.12 bits per heavy atom. The smallest absolute Gasteiger partial charge is 0.279 e. The molecule has 1 aromatic rings. The van der Waals surface area contributed by atoms with E-state index >= 15 is 0 Å². The predicted octanol–water partition coefficient (Wildman–Crippen LogP) is 0.509. The zero-order valence-electron chi connectivity index (χ0n) is 8.93. The Bertz CT molecular complexity index is 494. The van der Waals surface area contributed by atoms with Crippen molar-refractivity contribution in [1.29, 1.82) is 0 Å². The summed E-state index contributed by atoms with van der Waals surface area (Å²) in [5.41, 5.74) is 1.05. The molecule has 1 aliphatic heterocycles. The van der Waals surface area contributed by atoms with Crippen LogP contribution >= 0.6 is 0 Å². The van der Waals surface area contributed by atoms with Gasteiger partial charge in [0.2, 0.25) is 5.91 Å². The highest BCUT2D eigenvalue weighted by atomic mass is 16.2. The van der Waals surface area contributed by atoms with Crippen LogP contribution in [0, 0.1) is 0 Å². The second-order valence-electron chi connectivity index (χ2n) is 4.31. The largest absolute Gasteiger partial charge is 0.280 e. The summed E-state index contributed by atoms with van der Waals surface area (Å²) in [5, 5.41) is 0. The molecule has 82 valence electrons. The number of hydrogen-bond acceptors (Lipinski definition) is 4. The Hall–Kier alpha value is -1.78. The lowest BCUT2D eigenvalue weighted by atomic mass is 10.1. The van der Waals surface area contributed by atoms with Crippen LogP contribution in [0.3, 0.4) is 0 Å². The van der Waals surface area contributed by atoms with Crippen molar-refractivity contribution in [3.63, 3.8) is 0 Å². The van der Waals surface area contributed by atoms with E-state index in [4.69, 9.17) is 0 Å². The monoisotopic (exact) mass is 217 g/mol. The second-order valence-corrected chi connectivity index (χ2v) is 4.31. The minimum absolute atomic E-state index is 0.194. The lowest BCUT2D eigenvalue weighted by Gasteiger charge is -2.22. The second kappa shape index (κ2) is 3.10. The van der Waals surface area contributed by atoms with Crippen molar-refractivity contribution in [3.05, 3.63) is 23.3 Å². The van der Waals surface area contributed by atoms with Gasteiger partial charge < -0.3 is 0 Å². The van der Waals surface area contributed by atoms with Crippen molar-refractivity contribution < 1.29 is 9.59 Å². The molecule has 1 aromatic heterocycles. The van der Waals surface area contributed by atoms with Gasteiger partial charge in [0.15, 0.2) is 0 Å². The lowest BCUT2D eigenvalue weighted by molar-refractivity contribution is -0.127. The molecular formula is C11H11N3O2. The van der Waals surface area contributed by atoms with Crippen molar-refractivity contribution >= 4 is 11.8 Å². The Morgan fingerprint density at radius 1 is 1.38 bits per heavy atom. The molecule has 2 aliphatic rings. The summed E-state index contributed by atoms with van der Waals surface area (Å²) in [4.78, 5) is 32.9. The van der Waals surface area contributed by atoms with Crippen molar-refractivity contribution in [3.8, 4) is 0 Å². The number of carbonyl (C=O) groups excluding carboxylic acids is 2. The number of hydrogen-bond donors (Lipinski definition) is 0. The van der Waals surface area contributed by atoms with Crippen molar-refractivity contribution in [1.82, 2.24) is 14.9 Å². The fourth-order valence-electron chi connectivity index (χ4n) is 1.83. The summed E-state index contributed by atoms with van der Waals surface area (Å²) in [7, 11) is 1.49. The maximum atomic E-state index is 11.8. The SMILES string of the molecule is CN1C(=O)Cc2cnc(C3CC3)nc2C1=O. The molecule has 0 radical (unpaired) electrons. The molecule has 0 N–H and O–H groups in total. The van der Waals surface area contributed by atoms with Crippen LogP contribution in [-0.4, -0.2) is 33.7 Å². The normalized spacial score (nSPS) is 19.9. The summed E-state index contributed by atoms with van der Waals surface area (Å²) in [6, 6.07) is 0. The first-order valence-electron chi connectivity index (χ1n) is 5.33. The molecule has 0 saturated heterocycles. The number of aromatic nitrogens is 2. The zero-order chi connectivity index (χ0) is 11.3. The molecule has 5 heteroatoms. The number of nitrogens with zero attached hydrogens (tertiary/aromatic N) is 3. The van der Waals surface area contributed by atoms with E-state index in [1.807, 2.05) is 0 Å². The minimum Gasteiger partial charge on any atom is -0.280 e. The average Bonchev–Trinajstić information content (AvgIpc) is 3.10. The van der Waals surface area contributed by atoms with Gasteiger partial charge in [0.25, 0.3) is 5.91 Å². The number of likely N-dealkylation sites (N-methyl/N-ethyl adjacent to an activating group) is 1. The van der Waals surface area contributed by atoms with E-state index in [-0.39, 0.29) is 18.2 Å². The van der Waals surface area contributed by atoms with Gasteiger partial charge in [-0.25, -0.2) is 9.97 Å². The van der Waals surface area contributed by atoms with Crippen molar-refractivity contribution in [2.75, 3.05) is 7.05 Å². The van der Waals surface area contributed by atoms with Gasteiger partial charge in [-0.15, -0.1) is 0 Å². The first-order valence-corrected chi connectivity index (χ1v) is 5.33. The van der Waals surface area contributed by atoms with Gasteiger partial charge in [-0.1, -0.05) is 0 Å². The number of rotatable bonds is 1. The molecular weight excluding hydrogens is 206 g/mol. The highest BCUT2D eigenvalue weighted by molar-refractivity contribution is 6.08. The van der Waals surface area contributed by atoms with Gasteiger partial charge in [0, 0.05) is 24.7 Å². The summed E-state index contributed by atoms with van der Waals surface area (Å²) < 4.78 is 0. The molecule has 0 spiro atoms. The van der Waals surface area contributed by atoms with E-state index in [0.717, 1.165) is 23.6 Å². The third-order valence-electron chi connectivity index (χ3n) is 3.05. The quantitative estimate of drug-likeness (QED) is 0.643. The molecule has 1 fully saturated rings. The third kappa shape index (κ3) is 1.31. The van der Waals surface area contributed by atoms with E-state index in [9.17, 15) is 9.59 Å². The number of amides is 2. The molecule has 3 rings (SSSR count). The van der Waals surface area contributed by atoms with E-state index in [0.29, 0.717) is 17.2 Å². The summed E-state index contributed by atoms with van der Waals surface area (Å²) in [6.45, 7) is 0. The molecule has 2 amide bonds. The van der Waals surface area contributed by atoms with Crippen LogP contribution in [0.2, 0.25) is 0 Å². The highest BCUT2D eigenvalue weighted by Gasteiger charge is 2.33. The predicted molar refractivity (Wildman–Crippen MR) is 54.8 cm³/mol. The highest BCUT2D eigenvalue weighted by Crippen LogP contribution is 2.38. The van der Waals surface area contributed by atoms with Crippen LogP contribution in [0.15, 0.2) is 6.20 Å². The summed E-state index contributed by atoms with van der Waals surface area (Å²) in [6.07, 6.45) is 4.05. The Morgan fingerprint density at radius 3 is 2.81 bits per heavy atom. The zero-order valence-corrected chi connectivity index (χ0v) is 8.93. The molecule has 0 aromatic carbocycles. The van der Waals surface area contributed by atoms with Crippen LogP contribution in [0.4, 0.5) is 0 Å². The maximum Gasteiger partial charge on any atom is 0.279 e. The molecule has 0 atom stereocenters. The van der Waals surface area contributed by atoms with Crippen molar-refractivity contribution in [2.45, 2.75) is 25.2 Å². The first-order chi connectivity index (χ1) is 7.66. The van der Waals surface area contributed by atoms with Gasteiger partial charge >= 0.3 is 0 Å². The Kier molecular flexibility index (Phi) is 1.83. The van der Waals surface area contributed by atoms with Crippen LogP contribution in [0.1, 0.15) is 40.6 Å². The third-order valence-corrected chi connectivity index (χ3v) is 3.05. The number of imide groups is 1. The van der Waals surface area contributed by atoms with Gasteiger partial charge in [0.1, 0.15) is 11.5 Å². The average molecular weight is 217 g/mol. The topological polar surface area (TPSA) is 63.2 Å². The first kappa shape index (κ1) is 9.45. The maximum absolute atomic E-state index is 11.8. The van der Waals surface area contributed by atoms with Crippen LogP contribution in [-0.2, 0) is 11.2 Å². The van der Waals surface area contributed by atoms with Gasteiger partial charge in [-0.2, -0.15) is 0 Å².